The van der Waals surface area contributed by atoms with Gasteiger partial charge in [-0.1, -0.05) is 65.1 Å². The Bertz CT molecular complexity index is 2220. The van der Waals surface area contributed by atoms with Gasteiger partial charge in [0.25, 0.3) is 23.6 Å². The Morgan fingerprint density at radius 2 is 0.796 bits per heavy atom. The van der Waals surface area contributed by atoms with Crippen LogP contribution in [0, 0.1) is 11.8 Å². The molecule has 4 amide bonds. The Hall–Kier alpha value is -5.90. The highest BCUT2D eigenvalue weighted by atomic mass is 16.5. The Kier molecular flexibility index (Phi) is 9.12. The predicted molar refractivity (Wildman–Crippen MR) is 207 cm³/mol. The molecule has 2 atom stereocenters. The summed E-state index contributed by atoms with van der Waals surface area (Å²) in [5, 5.41) is 5.65. The van der Waals surface area contributed by atoms with E-state index in [0.29, 0.717) is 45.9 Å². The molecule has 2 aliphatic rings. The van der Waals surface area contributed by atoms with Crippen LogP contribution in [0.25, 0.3) is 43.1 Å². The summed E-state index contributed by atoms with van der Waals surface area (Å²) in [6, 6.07) is 12.9. The Morgan fingerprint density at radius 1 is 0.519 bits per heavy atom. The molecule has 7 rings (SSSR count). The zero-order valence-corrected chi connectivity index (χ0v) is 31.3. The van der Waals surface area contributed by atoms with Gasteiger partial charge in [-0.15, -0.1) is 0 Å². The summed E-state index contributed by atoms with van der Waals surface area (Å²) < 4.78 is 10.9. The molecule has 0 saturated carbocycles. The molecular weight excluding hydrogens is 684 g/mol. The minimum Gasteiger partial charge on any atom is -0.460 e. The van der Waals surface area contributed by atoms with Crippen molar-refractivity contribution in [2.24, 2.45) is 11.8 Å². The van der Waals surface area contributed by atoms with Gasteiger partial charge in [0.15, 0.2) is 0 Å². The Balaban J connectivity index is 1.36. The molecule has 5 aromatic carbocycles. The molecule has 0 N–H and O–H groups in total. The number of nitrogens with zero attached hydrogens (tertiary/aromatic N) is 2. The van der Waals surface area contributed by atoms with Crippen molar-refractivity contribution < 1.29 is 38.2 Å². The standard InChI is InChI=1S/C44H42N2O8/c1-21(2)17-25(19-53-43(51)23(5)6)45-39(47)31-13-9-27-29-11-15-33-38-34(16-12-30(36(29)38)28-10-14-32(40(45)48)37(31)35(27)28)42(50)46(41(33)49)26(18-22(3)4)20-54-44(52)24(7)8/h9-16,21-22,25-26H,5,7,17-20H2,1-4,6,8H3. The minimum atomic E-state index is -0.687. The maximum atomic E-state index is 14.3. The van der Waals surface area contributed by atoms with Crippen LogP contribution in [0.1, 0.15) is 95.8 Å². The molecule has 2 aliphatic heterocycles. The molecule has 2 heterocycles. The van der Waals surface area contributed by atoms with E-state index in [9.17, 15) is 28.8 Å². The van der Waals surface area contributed by atoms with Crippen LogP contribution >= 0.6 is 0 Å². The molecule has 0 fully saturated rings. The fraction of sp³-hybridized carbons (Fsp3) is 0.318. The summed E-state index contributed by atoms with van der Waals surface area (Å²) in [5.41, 5.74) is 1.91. The van der Waals surface area contributed by atoms with Crippen LogP contribution in [0.4, 0.5) is 0 Å². The molecule has 2 unspecified atom stereocenters. The lowest BCUT2D eigenvalue weighted by Gasteiger charge is -2.35. The minimum absolute atomic E-state index is 0.0977. The predicted octanol–water partition coefficient (Wildman–Crippen LogP) is 8.00. The van der Waals surface area contributed by atoms with Gasteiger partial charge >= 0.3 is 11.9 Å². The molecular formula is C44H42N2O8. The van der Waals surface area contributed by atoms with Crippen LogP contribution < -0.4 is 0 Å². The zero-order valence-electron chi connectivity index (χ0n) is 31.3. The normalized spacial score (nSPS) is 15.3. The highest BCUT2D eigenvalue weighted by molar-refractivity contribution is 6.41. The van der Waals surface area contributed by atoms with E-state index in [1.165, 1.54) is 9.80 Å². The van der Waals surface area contributed by atoms with E-state index in [1.54, 1.807) is 38.1 Å². The maximum absolute atomic E-state index is 14.3. The van der Waals surface area contributed by atoms with Crippen LogP contribution in [-0.4, -0.2) is 70.7 Å². The van der Waals surface area contributed by atoms with Crippen molar-refractivity contribution in [2.75, 3.05) is 13.2 Å². The summed E-state index contributed by atoms with van der Waals surface area (Å²) >= 11 is 0. The number of fused-ring (bicyclic) bond motifs is 2. The smallest absolute Gasteiger partial charge is 0.333 e. The zero-order chi connectivity index (χ0) is 38.9. The second-order valence-corrected chi connectivity index (χ2v) is 15.4. The lowest BCUT2D eigenvalue weighted by Crippen LogP contribution is -2.50. The SMILES string of the molecule is C=C(C)C(=O)OCC(CC(C)C)N1C(=O)c2ccc3c4ccc5c6c(ccc(c7ccc(c2c37)C1=O)c64)C(=O)N(C(COC(=O)C(=C)C)CC(C)C)C5=O. The van der Waals surface area contributed by atoms with Crippen molar-refractivity contribution in [3.63, 3.8) is 0 Å². The van der Waals surface area contributed by atoms with E-state index in [0.717, 1.165) is 32.3 Å². The molecule has 5 aromatic rings. The molecule has 10 heteroatoms. The van der Waals surface area contributed by atoms with Gasteiger partial charge in [-0.25, -0.2) is 9.59 Å². The van der Waals surface area contributed by atoms with Gasteiger partial charge in [-0.2, -0.15) is 0 Å². The monoisotopic (exact) mass is 726 g/mol. The topological polar surface area (TPSA) is 127 Å². The number of amides is 4. The van der Waals surface area contributed by atoms with Crippen LogP contribution in [-0.2, 0) is 19.1 Å². The van der Waals surface area contributed by atoms with Gasteiger partial charge in [-0.05, 0) is 95.1 Å². The number of ether oxygens (including phenoxy) is 2. The molecule has 0 aliphatic carbocycles. The lowest BCUT2D eigenvalue weighted by atomic mass is 9.81. The van der Waals surface area contributed by atoms with Gasteiger partial charge in [0.1, 0.15) is 13.2 Å². The largest absolute Gasteiger partial charge is 0.460 e. The number of carbonyl (C=O) groups is 6. The van der Waals surface area contributed by atoms with Crippen molar-refractivity contribution in [3.05, 3.63) is 95.1 Å². The highest BCUT2D eigenvalue weighted by Gasteiger charge is 2.41. The number of esters is 2. The van der Waals surface area contributed by atoms with E-state index in [2.05, 4.69) is 13.2 Å². The first-order valence-electron chi connectivity index (χ1n) is 18.2. The molecule has 54 heavy (non-hydrogen) atoms. The summed E-state index contributed by atoms with van der Waals surface area (Å²) in [6.07, 6.45) is 0.866. The number of hydrogen-bond acceptors (Lipinski definition) is 8. The van der Waals surface area contributed by atoms with E-state index >= 15 is 0 Å². The van der Waals surface area contributed by atoms with E-state index in [1.807, 2.05) is 52.0 Å². The third-order valence-electron chi connectivity index (χ3n) is 10.4. The van der Waals surface area contributed by atoms with Crippen molar-refractivity contribution in [1.29, 1.82) is 0 Å². The number of imide groups is 2. The molecule has 276 valence electrons. The first-order valence-corrected chi connectivity index (χ1v) is 18.2. The van der Waals surface area contributed by atoms with Crippen molar-refractivity contribution >= 4 is 78.7 Å². The fourth-order valence-electron chi connectivity index (χ4n) is 8.14. The van der Waals surface area contributed by atoms with Gasteiger partial charge in [0.2, 0.25) is 0 Å². The highest BCUT2D eigenvalue weighted by Crippen LogP contribution is 2.46. The quantitative estimate of drug-likeness (QED) is 0.0416. The number of hydrogen-bond donors (Lipinski definition) is 0. The van der Waals surface area contributed by atoms with E-state index in [-0.39, 0.29) is 36.2 Å². The summed E-state index contributed by atoms with van der Waals surface area (Å²) in [4.78, 5) is 84.2. The van der Waals surface area contributed by atoms with Crippen molar-refractivity contribution in [2.45, 2.75) is 66.5 Å². The van der Waals surface area contributed by atoms with Gasteiger partial charge in [0, 0.05) is 44.2 Å². The summed E-state index contributed by atoms with van der Waals surface area (Å²) in [7, 11) is 0. The van der Waals surface area contributed by atoms with Gasteiger partial charge in [0.05, 0.1) is 12.1 Å². The van der Waals surface area contributed by atoms with Gasteiger partial charge < -0.3 is 9.47 Å². The van der Waals surface area contributed by atoms with Crippen LogP contribution in [0.2, 0.25) is 0 Å². The molecule has 0 bridgehead atoms. The first-order chi connectivity index (χ1) is 25.6. The maximum Gasteiger partial charge on any atom is 0.333 e. The first kappa shape index (κ1) is 36.5. The second kappa shape index (κ2) is 13.5. The summed E-state index contributed by atoms with van der Waals surface area (Å²) in [5.74, 6) is -2.85. The Morgan fingerprint density at radius 3 is 1.04 bits per heavy atom. The molecule has 0 radical (unpaired) electrons. The third kappa shape index (κ3) is 5.71. The fourth-order valence-corrected chi connectivity index (χ4v) is 8.14. The molecule has 0 spiro atoms. The van der Waals surface area contributed by atoms with E-state index < -0.39 is 47.7 Å². The van der Waals surface area contributed by atoms with E-state index in [4.69, 9.17) is 9.47 Å². The van der Waals surface area contributed by atoms with Crippen molar-refractivity contribution in [1.82, 2.24) is 9.80 Å². The second-order valence-electron chi connectivity index (χ2n) is 15.4. The lowest BCUT2D eigenvalue weighted by molar-refractivity contribution is -0.141. The average Bonchev–Trinajstić information content (AvgIpc) is 3.12. The number of rotatable bonds is 12. The Labute approximate surface area is 312 Å². The third-order valence-corrected chi connectivity index (χ3v) is 10.4. The number of carbonyl (C=O) groups excluding carboxylic acids is 6. The average molecular weight is 727 g/mol. The van der Waals surface area contributed by atoms with Crippen LogP contribution in [0.15, 0.2) is 72.8 Å². The van der Waals surface area contributed by atoms with Crippen molar-refractivity contribution in [3.8, 4) is 0 Å². The number of benzene rings is 5. The van der Waals surface area contributed by atoms with Gasteiger partial charge in [-0.3, -0.25) is 29.0 Å². The molecule has 0 aromatic heterocycles. The summed E-state index contributed by atoms with van der Waals surface area (Å²) in [6.45, 7) is 18.0. The van der Waals surface area contributed by atoms with Crippen LogP contribution in [0.3, 0.4) is 0 Å². The molecule has 10 nitrogen and oxygen atoms in total. The van der Waals surface area contributed by atoms with Crippen LogP contribution in [0.5, 0.6) is 0 Å². The molecule has 0 saturated heterocycles.